The number of nitrogens with zero attached hydrogens (tertiary/aromatic N) is 4. The van der Waals surface area contributed by atoms with Crippen molar-refractivity contribution in [3.63, 3.8) is 0 Å². The normalized spacial score (nSPS) is 11.9. The van der Waals surface area contributed by atoms with Gasteiger partial charge in [0.2, 0.25) is 0 Å². The summed E-state index contributed by atoms with van der Waals surface area (Å²) in [5.74, 6) is 1.55. The van der Waals surface area contributed by atoms with Gasteiger partial charge in [-0.15, -0.1) is 0 Å². The van der Waals surface area contributed by atoms with Crippen molar-refractivity contribution in [3.05, 3.63) is 170 Å². The van der Waals surface area contributed by atoms with Crippen LogP contribution in [-0.4, -0.2) is 33.6 Å². The molecule has 11 aromatic rings. The molecule has 0 radical (unpaired) electrons. The van der Waals surface area contributed by atoms with E-state index in [9.17, 15) is 0 Å². The minimum Gasteiger partial charge on any atom is -0.0622 e. The standard InChI is InChI=1S/C46H28N4Se/c1-3-14-29(15-4-1)35-28-42(48-46(47-35)30-16-5-2-6-17-30)50-37-23-11-8-20-34(37)44-39(50)27-26-38-43(44)33-19-7-10-22-36(33)49(38)40-24-13-21-32-31-18-9-12-25-41(31)51-45(32)40/h1-28H. The Balaban J connectivity index is 1.25. The van der Waals surface area contributed by atoms with Gasteiger partial charge in [-0.3, -0.25) is 0 Å². The first-order chi connectivity index (χ1) is 25.3. The Morgan fingerprint density at radius 3 is 1.71 bits per heavy atom. The fourth-order valence-electron chi connectivity index (χ4n) is 7.96. The molecule has 0 atom stereocenters. The van der Waals surface area contributed by atoms with Crippen molar-refractivity contribution in [1.29, 1.82) is 0 Å². The van der Waals surface area contributed by atoms with Crippen LogP contribution in [0.25, 0.3) is 97.1 Å². The fraction of sp³-hybridized carbons (Fsp3) is 0. The Bertz CT molecular complexity index is 3080. The molecule has 0 spiro atoms. The molecule has 7 aromatic carbocycles. The van der Waals surface area contributed by atoms with E-state index in [2.05, 4.69) is 155 Å². The second-order valence-corrected chi connectivity index (χ2v) is 15.2. The van der Waals surface area contributed by atoms with E-state index in [1.807, 2.05) is 24.3 Å². The predicted molar refractivity (Wildman–Crippen MR) is 214 cm³/mol. The molecule has 238 valence electrons. The van der Waals surface area contributed by atoms with Gasteiger partial charge in [-0.25, -0.2) is 0 Å². The summed E-state index contributed by atoms with van der Waals surface area (Å²) >= 11 is 0.222. The molecule has 0 aliphatic rings. The Morgan fingerprint density at radius 1 is 0.412 bits per heavy atom. The van der Waals surface area contributed by atoms with Crippen LogP contribution in [0.2, 0.25) is 0 Å². The second kappa shape index (κ2) is 11.1. The zero-order chi connectivity index (χ0) is 33.5. The van der Waals surface area contributed by atoms with Gasteiger partial charge in [0.15, 0.2) is 0 Å². The maximum absolute atomic E-state index is 5.27. The molecule has 5 heteroatoms. The van der Waals surface area contributed by atoms with E-state index in [1.54, 1.807) is 0 Å². The van der Waals surface area contributed by atoms with Crippen LogP contribution in [0, 0.1) is 0 Å². The molecule has 4 heterocycles. The zero-order valence-corrected chi connectivity index (χ0v) is 29.1. The van der Waals surface area contributed by atoms with Crippen LogP contribution in [-0.2, 0) is 0 Å². The van der Waals surface area contributed by atoms with Crippen molar-refractivity contribution in [2.45, 2.75) is 0 Å². The average Bonchev–Trinajstić information content (AvgIpc) is 3.86. The van der Waals surface area contributed by atoms with Crippen LogP contribution in [0.4, 0.5) is 0 Å². The third-order valence-electron chi connectivity index (χ3n) is 10.1. The number of hydrogen-bond donors (Lipinski definition) is 0. The molecular weight excluding hydrogens is 687 g/mol. The smallest absolute Gasteiger partial charge is 0.0622 e. The molecule has 0 aliphatic heterocycles. The fourth-order valence-corrected chi connectivity index (χ4v) is 10.5. The molecule has 0 amide bonds. The molecule has 0 N–H and O–H groups in total. The van der Waals surface area contributed by atoms with Crippen molar-refractivity contribution in [2.75, 3.05) is 0 Å². The summed E-state index contributed by atoms with van der Waals surface area (Å²) in [5.41, 5.74) is 8.88. The number of fused-ring (bicyclic) bond motifs is 10. The van der Waals surface area contributed by atoms with Crippen LogP contribution >= 0.6 is 0 Å². The minimum atomic E-state index is 0.222. The summed E-state index contributed by atoms with van der Waals surface area (Å²) in [6, 6.07) is 60.8. The molecule has 0 fully saturated rings. The predicted octanol–water partition coefficient (Wildman–Crippen LogP) is 11.4. The number of benzene rings is 7. The van der Waals surface area contributed by atoms with E-state index in [0.29, 0.717) is 5.82 Å². The van der Waals surface area contributed by atoms with E-state index in [0.717, 1.165) is 33.7 Å². The Hall–Kier alpha value is -6.26. The Morgan fingerprint density at radius 2 is 0.980 bits per heavy atom. The molecule has 4 aromatic heterocycles. The van der Waals surface area contributed by atoms with Gasteiger partial charge >= 0.3 is 240 Å². The van der Waals surface area contributed by atoms with Crippen molar-refractivity contribution < 1.29 is 0 Å². The van der Waals surface area contributed by atoms with Crippen LogP contribution in [0.5, 0.6) is 0 Å². The molecule has 0 aliphatic carbocycles. The summed E-state index contributed by atoms with van der Waals surface area (Å²) in [6.45, 7) is 0. The molecule has 51 heavy (non-hydrogen) atoms. The third kappa shape index (κ3) is 4.26. The Kier molecular flexibility index (Phi) is 6.23. The van der Waals surface area contributed by atoms with Crippen molar-refractivity contribution in [3.8, 4) is 34.2 Å². The molecule has 0 bridgehead atoms. The number of rotatable bonds is 4. The van der Waals surface area contributed by atoms with Gasteiger partial charge in [0.1, 0.15) is 0 Å². The van der Waals surface area contributed by atoms with Crippen molar-refractivity contribution in [1.82, 2.24) is 19.1 Å². The van der Waals surface area contributed by atoms with Gasteiger partial charge in [0, 0.05) is 0 Å². The van der Waals surface area contributed by atoms with Crippen LogP contribution in [0.3, 0.4) is 0 Å². The molecule has 11 rings (SSSR count). The SMILES string of the molecule is c1ccc(-c2cc(-n3c4ccccc4c4c5c6ccccc6n(-c6cccc7c6[se]c6ccccc67)c5ccc43)nc(-c3ccccc3)n2)cc1. The quantitative estimate of drug-likeness (QED) is 0.170. The Labute approximate surface area is 299 Å². The van der Waals surface area contributed by atoms with Gasteiger partial charge in [0.05, 0.1) is 0 Å². The molecule has 4 nitrogen and oxygen atoms in total. The summed E-state index contributed by atoms with van der Waals surface area (Å²) < 4.78 is 7.73. The van der Waals surface area contributed by atoms with E-state index in [1.165, 1.54) is 57.6 Å². The summed E-state index contributed by atoms with van der Waals surface area (Å²) in [6.07, 6.45) is 0. The topological polar surface area (TPSA) is 35.6 Å². The first-order valence-electron chi connectivity index (χ1n) is 17.2. The number of aromatic nitrogens is 4. The van der Waals surface area contributed by atoms with E-state index in [-0.39, 0.29) is 14.5 Å². The second-order valence-electron chi connectivity index (χ2n) is 13.0. The van der Waals surface area contributed by atoms with Crippen LogP contribution < -0.4 is 0 Å². The summed E-state index contributed by atoms with van der Waals surface area (Å²) in [4.78, 5) is 10.4. The summed E-state index contributed by atoms with van der Waals surface area (Å²) in [7, 11) is 0. The van der Waals surface area contributed by atoms with Gasteiger partial charge in [-0.2, -0.15) is 0 Å². The third-order valence-corrected chi connectivity index (χ3v) is 12.7. The van der Waals surface area contributed by atoms with Gasteiger partial charge in [-0.1, -0.05) is 60.7 Å². The first kappa shape index (κ1) is 28.6. The van der Waals surface area contributed by atoms with Gasteiger partial charge in [0.25, 0.3) is 0 Å². The average molecular weight is 716 g/mol. The van der Waals surface area contributed by atoms with Gasteiger partial charge < -0.3 is 0 Å². The van der Waals surface area contributed by atoms with Gasteiger partial charge in [-0.05, 0) is 0 Å². The molecule has 0 unspecified atom stereocenters. The monoisotopic (exact) mass is 716 g/mol. The number of hydrogen-bond acceptors (Lipinski definition) is 2. The van der Waals surface area contributed by atoms with E-state index in [4.69, 9.17) is 9.97 Å². The molecular formula is C46H28N4Se. The first-order valence-corrected chi connectivity index (χ1v) is 18.9. The van der Waals surface area contributed by atoms with Crippen molar-refractivity contribution in [2.24, 2.45) is 0 Å². The maximum atomic E-state index is 5.27. The van der Waals surface area contributed by atoms with Crippen molar-refractivity contribution >= 4 is 77.4 Å². The molecule has 0 saturated heterocycles. The van der Waals surface area contributed by atoms with Crippen LogP contribution in [0.1, 0.15) is 0 Å². The van der Waals surface area contributed by atoms with E-state index < -0.39 is 0 Å². The van der Waals surface area contributed by atoms with Crippen LogP contribution in [0.15, 0.2) is 170 Å². The molecule has 0 saturated carbocycles. The number of para-hydroxylation sites is 2. The van der Waals surface area contributed by atoms with E-state index >= 15 is 0 Å². The minimum absolute atomic E-state index is 0.222. The summed E-state index contributed by atoms with van der Waals surface area (Å²) in [5, 5.41) is 7.69. The zero-order valence-electron chi connectivity index (χ0n) is 27.4.